The first-order valence-electron chi connectivity index (χ1n) is 45.9. The molecule has 3 aliphatic heterocycles. The van der Waals surface area contributed by atoms with E-state index in [1.165, 1.54) is 105 Å². The fraction of sp³-hybridized carbons (Fsp3) is 0.280. The summed E-state index contributed by atoms with van der Waals surface area (Å²) in [6.07, 6.45) is 26.1. The van der Waals surface area contributed by atoms with Crippen LogP contribution in [0.4, 0.5) is 39.8 Å². The molecule has 3 fully saturated rings. The molecule has 141 heavy (non-hydrogen) atoms. The summed E-state index contributed by atoms with van der Waals surface area (Å²) in [6.45, 7) is 20.7. The number of nitrogens with zero attached hydrogens (tertiary/aromatic N) is 16. The van der Waals surface area contributed by atoms with Gasteiger partial charge in [-0.25, -0.2) is 53.6 Å². The molecule has 0 saturated carbocycles. The first kappa shape index (κ1) is 99.0. The maximum atomic E-state index is 13.0. The number of rotatable bonds is 25. The number of benzene rings is 4. The van der Waals surface area contributed by atoms with Crippen molar-refractivity contribution in [3.05, 3.63) is 248 Å². The Labute approximate surface area is 814 Å². The summed E-state index contributed by atoms with van der Waals surface area (Å²) in [6, 6.07) is 43.2. The lowest BCUT2D eigenvalue weighted by atomic mass is 10.0. The van der Waals surface area contributed by atoms with Crippen LogP contribution < -0.4 is 36.0 Å². The van der Waals surface area contributed by atoms with Gasteiger partial charge in [0.05, 0.1) is 139 Å². The van der Waals surface area contributed by atoms with Gasteiger partial charge in [-0.3, -0.25) is 59.5 Å². The second kappa shape index (κ2) is 42.7. The van der Waals surface area contributed by atoms with E-state index in [1.54, 1.807) is 67.8 Å². The van der Waals surface area contributed by atoms with Gasteiger partial charge < -0.3 is 45.6 Å². The summed E-state index contributed by atoms with van der Waals surface area (Å²) in [4.78, 5) is 94.7. The van der Waals surface area contributed by atoms with E-state index in [2.05, 4.69) is 146 Å². The van der Waals surface area contributed by atoms with E-state index in [0.29, 0.717) is 57.5 Å². The first-order valence-corrected chi connectivity index (χ1v) is 52.1. The highest BCUT2D eigenvalue weighted by molar-refractivity contribution is 7.92. The summed E-state index contributed by atoms with van der Waals surface area (Å²) in [5.74, 6) is -1.69. The molecule has 37 nitrogen and oxygen atoms in total. The van der Waals surface area contributed by atoms with E-state index in [-0.39, 0.29) is 42.9 Å². The molecule has 4 aromatic carbocycles. The van der Waals surface area contributed by atoms with Crippen LogP contribution in [0.2, 0.25) is 0 Å². The van der Waals surface area contributed by atoms with Gasteiger partial charge in [-0.2, -0.15) is 20.4 Å². The highest BCUT2D eigenvalue weighted by Gasteiger charge is 2.29. The predicted octanol–water partition coefficient (Wildman–Crippen LogP) is 15.3. The Bertz CT molecular complexity index is 7550. The monoisotopic (exact) mass is 1980 g/mol. The first-order chi connectivity index (χ1) is 67.6. The van der Waals surface area contributed by atoms with E-state index in [0.717, 1.165) is 135 Å². The molecule has 0 bridgehead atoms. The summed E-state index contributed by atoms with van der Waals surface area (Å²) < 4.78 is 104. The average Bonchev–Trinajstić information content (AvgIpc) is 1.66. The number of pyridine rings is 8. The van der Waals surface area contributed by atoms with E-state index in [9.17, 15) is 52.8 Å². The maximum Gasteiger partial charge on any atom is 0.276 e. The molecule has 8 N–H and O–H groups in total. The van der Waals surface area contributed by atoms with Gasteiger partial charge in [0.2, 0.25) is 0 Å². The number of ether oxygens (including phenoxy) is 1. The van der Waals surface area contributed by atoms with Gasteiger partial charge in [0.15, 0.2) is 82.2 Å². The number of nitrogens with one attached hydrogen (secondary N) is 8. The minimum atomic E-state index is -3.49. The number of hydrogen-bond acceptors (Lipinski definition) is 29. The number of hydrogen-bond donors (Lipinski definition) is 8. The molecule has 0 aliphatic carbocycles. The summed E-state index contributed by atoms with van der Waals surface area (Å²) in [7, 11) is -9.94. The third-order valence-electron chi connectivity index (χ3n) is 24.1. The van der Waals surface area contributed by atoms with E-state index >= 15 is 0 Å². The smallest absolute Gasteiger partial charge is 0.276 e. The van der Waals surface area contributed by atoms with Crippen LogP contribution in [0.15, 0.2) is 240 Å². The van der Waals surface area contributed by atoms with Crippen molar-refractivity contribution in [3.63, 3.8) is 0 Å². The molecule has 0 spiro atoms. The summed E-state index contributed by atoms with van der Waals surface area (Å²) >= 11 is 0. The lowest BCUT2D eigenvalue weighted by Crippen LogP contribution is -2.36. The number of morpholine rings is 1. The van der Waals surface area contributed by atoms with Crippen LogP contribution in [0.5, 0.6) is 0 Å². The van der Waals surface area contributed by atoms with Gasteiger partial charge in [0, 0.05) is 121 Å². The van der Waals surface area contributed by atoms with Gasteiger partial charge in [0.1, 0.15) is 0 Å². The van der Waals surface area contributed by atoms with Gasteiger partial charge >= 0.3 is 0 Å². The fourth-order valence-corrected chi connectivity index (χ4v) is 19.8. The zero-order valence-electron chi connectivity index (χ0n) is 79.1. The van der Waals surface area contributed by atoms with Crippen molar-refractivity contribution in [2.24, 2.45) is 0 Å². The number of aromatic amines is 4. The van der Waals surface area contributed by atoms with Crippen molar-refractivity contribution < 1.29 is 57.6 Å². The predicted molar refractivity (Wildman–Crippen MR) is 543 cm³/mol. The molecule has 16 aromatic rings. The normalized spacial score (nSPS) is 13.7. The van der Waals surface area contributed by atoms with Crippen molar-refractivity contribution in [2.45, 2.75) is 135 Å². The molecule has 3 saturated heterocycles. The van der Waals surface area contributed by atoms with Crippen LogP contribution in [0.25, 0.3) is 88.1 Å². The molecular weight excluding hydrogens is 1870 g/mol. The Morgan fingerprint density at radius 2 is 0.582 bits per heavy atom. The fourth-order valence-electron chi connectivity index (χ4n) is 16.0. The second-order valence-corrected chi connectivity index (χ2v) is 45.3. The number of carbonyl (C=O) groups excluding carboxylic acids is 4. The molecule has 12 aromatic heterocycles. The summed E-state index contributed by atoms with van der Waals surface area (Å²) in [5.41, 5.74) is 17.2. The maximum absolute atomic E-state index is 13.0. The highest BCUT2D eigenvalue weighted by Crippen LogP contribution is 2.36. The number of carbonyl (C=O) groups is 4. The minimum Gasteiger partial charge on any atom is -0.378 e. The third-order valence-corrected chi connectivity index (χ3v) is 32.4. The van der Waals surface area contributed by atoms with Gasteiger partial charge in [0.25, 0.3) is 23.6 Å². The molecule has 15 heterocycles. The van der Waals surface area contributed by atoms with Crippen LogP contribution in [-0.4, -0.2) is 230 Å². The Morgan fingerprint density at radius 1 is 0.319 bits per heavy atom. The van der Waals surface area contributed by atoms with Crippen LogP contribution in [0.1, 0.15) is 135 Å². The third kappa shape index (κ3) is 22.8. The lowest BCUT2D eigenvalue weighted by molar-refractivity contribution is 0.101. The minimum absolute atomic E-state index is 0.0225. The van der Waals surface area contributed by atoms with E-state index in [1.807, 2.05) is 124 Å². The Balaban J connectivity index is 0.000000135. The SMILES string of the molecule is CC(C)S(=O)(=O)c1ccc(NC(=O)c2n[nH]c3ccc(-c4cncc(CN(C)C)c4)cc23)cn1.CC(C)S(=O)(=O)c1ccc(NC(=O)c2n[nH]c3ccc(-c4cncc(N5CCCC5)c4)cc23)cn1.CC(C)S(=O)(=O)c1ccc(NC(=O)c2n[nH]c3ccc(-c4cncc(N5CCCCC5)c4)cc23)cn1.CC(C)S(=O)(=O)c1ccc(NC(=O)c2n[nH]c3ccc(-c4cncc(N5CCOCC5)c4)cc23)cn1. The molecule has 0 unspecified atom stereocenters. The molecule has 4 amide bonds. The molecule has 41 heteroatoms. The van der Waals surface area contributed by atoms with Crippen molar-refractivity contribution in [3.8, 4) is 44.5 Å². The van der Waals surface area contributed by atoms with E-state index < -0.39 is 84.0 Å². The number of amides is 4. The lowest BCUT2D eigenvalue weighted by Gasteiger charge is -2.28. The number of H-pyrrole nitrogens is 4. The Morgan fingerprint density at radius 3 is 0.844 bits per heavy atom. The molecular formula is C100H106N24O13S4. The van der Waals surface area contributed by atoms with Crippen molar-refractivity contribution in [2.75, 3.05) is 103 Å². The molecule has 3 aliphatic rings. The van der Waals surface area contributed by atoms with Gasteiger partial charge in [-0.05, 0) is 251 Å². The molecule has 728 valence electrons. The molecule has 19 rings (SSSR count). The Hall–Kier alpha value is -15.0. The number of sulfone groups is 4. The standard InChI is InChI=1S/C26H28N6O3S.C25H26N6O4S.C25H26N6O3S.C24H26N6O3S/c1-17(2)36(34,35)24-9-7-20(15-28-24)29-26(33)25-22-13-18(6-8-23(22)30-31-25)19-12-21(16-27-14-19)32-10-4-3-5-11-32;1-16(2)36(33,34)23-6-4-19(14-27-23)28-25(32)24-21-12-17(3-5-22(21)29-30-24)18-11-20(15-26-13-18)31-7-9-35-10-8-31;1-16(2)35(33,34)23-8-6-19(14-27-23)28-25(32)24-21-12-17(5-7-22(21)29-30-24)18-11-20(15-26-13-18)31-9-3-4-10-31;1-15(2)34(32,33)22-8-6-19(13-26-22)27-24(31)23-20-10-17(5-7-21(20)28-29-23)18-9-16(11-25-12-18)14-30(3)4/h6-9,12-17H,3-5,10-11H2,1-2H3,(H,29,33)(H,30,31);3-6,11-16H,7-10H2,1-2H3,(H,28,32)(H,29,30);5-8,11-16H,3-4,9-10H2,1-2H3,(H,28,32)(H,29,30);5-13,15H,14H2,1-4H3,(H,27,31)(H,28,29). The number of anilines is 7. The second-order valence-electron chi connectivity index (χ2n) is 35.5. The molecule has 0 radical (unpaired) electrons. The van der Waals surface area contributed by atoms with Crippen LogP contribution in [0, 0.1) is 0 Å². The topological polar surface area (TPSA) is 493 Å². The van der Waals surface area contributed by atoms with Crippen LogP contribution in [0.3, 0.4) is 0 Å². The van der Waals surface area contributed by atoms with Gasteiger partial charge in [-0.15, -0.1) is 0 Å². The van der Waals surface area contributed by atoms with Crippen molar-refractivity contribution >= 4 is 146 Å². The number of piperidine rings is 1. The van der Waals surface area contributed by atoms with Crippen LogP contribution >= 0.6 is 0 Å². The van der Waals surface area contributed by atoms with Crippen molar-refractivity contribution in [1.29, 1.82) is 0 Å². The quantitative estimate of drug-likeness (QED) is 0.0263. The summed E-state index contributed by atoms with van der Waals surface area (Å²) in [5, 5.41) is 39.7. The Kier molecular flexibility index (Phi) is 30.0. The zero-order valence-corrected chi connectivity index (χ0v) is 82.4. The number of aromatic nitrogens is 16. The highest BCUT2D eigenvalue weighted by atomic mass is 32.2. The molecule has 0 atom stereocenters. The average molecular weight is 1980 g/mol. The largest absolute Gasteiger partial charge is 0.378 e. The van der Waals surface area contributed by atoms with Crippen LogP contribution in [-0.2, 0) is 50.6 Å². The van der Waals surface area contributed by atoms with Crippen molar-refractivity contribution in [1.82, 2.24) is 85.6 Å². The van der Waals surface area contributed by atoms with Gasteiger partial charge in [-0.1, -0.05) is 24.3 Å². The number of fused-ring (bicyclic) bond motifs is 4. The van der Waals surface area contributed by atoms with E-state index in [4.69, 9.17) is 4.74 Å². The zero-order chi connectivity index (χ0) is 99.6.